The molecule has 3 rings (SSSR count). The Balaban J connectivity index is 1.66. The number of carbonyl (C=O) groups excluding carboxylic acids is 2. The molecule has 31 heavy (non-hydrogen) atoms. The highest BCUT2D eigenvalue weighted by molar-refractivity contribution is 5.81. The van der Waals surface area contributed by atoms with Crippen molar-refractivity contribution < 1.29 is 9.59 Å². The van der Waals surface area contributed by atoms with E-state index in [1.165, 1.54) is 11.1 Å². The summed E-state index contributed by atoms with van der Waals surface area (Å²) in [4.78, 5) is 31.1. The summed E-state index contributed by atoms with van der Waals surface area (Å²) < 4.78 is 0. The maximum absolute atomic E-state index is 13.1. The monoisotopic (exact) mass is 422 g/mol. The summed E-state index contributed by atoms with van der Waals surface area (Å²) >= 11 is 0. The standard InChI is InChI=1S/C25H34N4O2/c1-4-24(30)28-14-13-22-21(19-28)11-8-12-23(22)26-17-25(31)29(16-15-27(2)3)18-20-9-6-5-7-10-20/h5-12,26H,4,13-19H2,1-3H3. The van der Waals surface area contributed by atoms with Crippen molar-refractivity contribution in [3.8, 4) is 0 Å². The SMILES string of the molecule is CCC(=O)N1CCc2c(cccc2NCC(=O)N(CCN(C)C)Cc2ccccc2)C1. The van der Waals surface area contributed by atoms with Crippen molar-refractivity contribution >= 4 is 17.5 Å². The number of hydrogen-bond acceptors (Lipinski definition) is 4. The molecule has 1 aliphatic rings. The minimum Gasteiger partial charge on any atom is -0.376 e. The van der Waals surface area contributed by atoms with E-state index in [2.05, 4.69) is 28.4 Å². The van der Waals surface area contributed by atoms with E-state index in [4.69, 9.17) is 0 Å². The van der Waals surface area contributed by atoms with Crippen molar-refractivity contribution in [3.63, 3.8) is 0 Å². The number of nitrogens with one attached hydrogen (secondary N) is 1. The van der Waals surface area contributed by atoms with Gasteiger partial charge in [0.05, 0.1) is 6.54 Å². The molecular weight excluding hydrogens is 388 g/mol. The van der Waals surface area contributed by atoms with Crippen LogP contribution in [0.5, 0.6) is 0 Å². The fraction of sp³-hybridized carbons (Fsp3) is 0.440. The Labute approximate surface area is 185 Å². The van der Waals surface area contributed by atoms with E-state index >= 15 is 0 Å². The van der Waals surface area contributed by atoms with Crippen LogP contribution < -0.4 is 5.32 Å². The predicted molar refractivity (Wildman–Crippen MR) is 125 cm³/mol. The molecule has 0 fully saturated rings. The van der Waals surface area contributed by atoms with Crippen LogP contribution in [0.3, 0.4) is 0 Å². The molecule has 2 aromatic rings. The summed E-state index contributed by atoms with van der Waals surface area (Å²) in [5.41, 5.74) is 4.52. The average Bonchev–Trinajstić information content (AvgIpc) is 2.79. The second-order valence-electron chi connectivity index (χ2n) is 8.32. The van der Waals surface area contributed by atoms with Gasteiger partial charge in [-0.1, -0.05) is 49.4 Å². The molecule has 0 spiro atoms. The van der Waals surface area contributed by atoms with Gasteiger partial charge in [-0.05, 0) is 43.3 Å². The molecule has 0 atom stereocenters. The van der Waals surface area contributed by atoms with Crippen molar-refractivity contribution in [2.45, 2.75) is 32.9 Å². The second-order valence-corrected chi connectivity index (χ2v) is 8.32. The van der Waals surface area contributed by atoms with E-state index in [1.54, 1.807) is 0 Å². The summed E-state index contributed by atoms with van der Waals surface area (Å²) in [5, 5.41) is 3.38. The Bertz CT molecular complexity index is 882. The van der Waals surface area contributed by atoms with Crippen LogP contribution in [0.15, 0.2) is 48.5 Å². The smallest absolute Gasteiger partial charge is 0.242 e. The van der Waals surface area contributed by atoms with Gasteiger partial charge in [0, 0.05) is 44.8 Å². The van der Waals surface area contributed by atoms with E-state index in [0.717, 1.165) is 30.8 Å². The molecule has 1 heterocycles. The van der Waals surface area contributed by atoms with Crippen LogP contribution in [0.4, 0.5) is 5.69 Å². The third kappa shape index (κ3) is 6.31. The normalized spacial score (nSPS) is 13.1. The molecule has 0 saturated carbocycles. The van der Waals surface area contributed by atoms with E-state index < -0.39 is 0 Å². The highest BCUT2D eigenvalue weighted by Gasteiger charge is 2.22. The van der Waals surface area contributed by atoms with Gasteiger partial charge in [0.2, 0.25) is 11.8 Å². The zero-order valence-electron chi connectivity index (χ0n) is 18.9. The quantitative estimate of drug-likeness (QED) is 0.675. The molecule has 0 radical (unpaired) electrons. The summed E-state index contributed by atoms with van der Waals surface area (Å²) in [6.45, 7) is 5.65. The van der Waals surface area contributed by atoms with Crippen molar-refractivity contribution in [1.82, 2.24) is 14.7 Å². The molecule has 0 aromatic heterocycles. The van der Waals surface area contributed by atoms with E-state index in [-0.39, 0.29) is 18.4 Å². The first-order valence-electron chi connectivity index (χ1n) is 11.1. The zero-order valence-corrected chi connectivity index (χ0v) is 18.9. The van der Waals surface area contributed by atoms with Gasteiger partial charge >= 0.3 is 0 Å². The van der Waals surface area contributed by atoms with Crippen LogP contribution in [0.1, 0.15) is 30.0 Å². The van der Waals surface area contributed by atoms with Gasteiger partial charge in [0.1, 0.15) is 0 Å². The lowest BCUT2D eigenvalue weighted by Gasteiger charge is -2.30. The molecular formula is C25H34N4O2. The predicted octanol–water partition coefficient (Wildman–Crippen LogP) is 2.98. The Hall–Kier alpha value is -2.86. The highest BCUT2D eigenvalue weighted by Crippen LogP contribution is 2.26. The number of fused-ring (bicyclic) bond motifs is 1. The number of likely N-dealkylation sites (N-methyl/N-ethyl adjacent to an activating group) is 1. The van der Waals surface area contributed by atoms with Gasteiger partial charge in [-0.15, -0.1) is 0 Å². The number of benzene rings is 2. The van der Waals surface area contributed by atoms with Crippen molar-refractivity contribution in [3.05, 3.63) is 65.2 Å². The fourth-order valence-electron chi connectivity index (χ4n) is 3.91. The Morgan fingerprint density at radius 1 is 1.03 bits per heavy atom. The first-order chi connectivity index (χ1) is 15.0. The molecule has 2 aromatic carbocycles. The lowest BCUT2D eigenvalue weighted by atomic mass is 9.97. The van der Waals surface area contributed by atoms with Crippen molar-refractivity contribution in [1.29, 1.82) is 0 Å². The highest BCUT2D eigenvalue weighted by atomic mass is 16.2. The van der Waals surface area contributed by atoms with Crippen LogP contribution >= 0.6 is 0 Å². The van der Waals surface area contributed by atoms with Crippen LogP contribution in [-0.4, -0.2) is 66.8 Å². The van der Waals surface area contributed by atoms with E-state index in [9.17, 15) is 9.59 Å². The van der Waals surface area contributed by atoms with Gasteiger partial charge < -0.3 is 20.0 Å². The topological polar surface area (TPSA) is 55.9 Å². The number of nitrogens with zero attached hydrogens (tertiary/aromatic N) is 3. The third-order valence-corrected chi connectivity index (χ3v) is 5.74. The zero-order chi connectivity index (χ0) is 22.2. The Kier molecular flexibility index (Phi) is 8.06. The lowest BCUT2D eigenvalue weighted by molar-refractivity contribution is -0.132. The molecule has 0 aliphatic carbocycles. The molecule has 1 aliphatic heterocycles. The number of rotatable bonds is 9. The van der Waals surface area contributed by atoms with Crippen molar-refractivity contribution in [2.75, 3.05) is 45.6 Å². The molecule has 166 valence electrons. The van der Waals surface area contributed by atoms with Crippen LogP contribution in [-0.2, 0) is 29.1 Å². The maximum atomic E-state index is 13.1. The van der Waals surface area contributed by atoms with Gasteiger partial charge in [0.25, 0.3) is 0 Å². The Morgan fingerprint density at radius 2 is 1.81 bits per heavy atom. The summed E-state index contributed by atoms with van der Waals surface area (Å²) in [6.07, 6.45) is 1.35. The summed E-state index contributed by atoms with van der Waals surface area (Å²) in [5.74, 6) is 0.276. The first-order valence-corrected chi connectivity index (χ1v) is 11.1. The van der Waals surface area contributed by atoms with Gasteiger partial charge in [-0.25, -0.2) is 0 Å². The van der Waals surface area contributed by atoms with E-state index in [1.807, 2.05) is 61.2 Å². The lowest BCUT2D eigenvalue weighted by Crippen LogP contribution is -2.39. The first kappa shape index (κ1) is 22.8. The van der Waals surface area contributed by atoms with Crippen molar-refractivity contribution in [2.24, 2.45) is 0 Å². The summed E-state index contributed by atoms with van der Waals surface area (Å²) in [7, 11) is 4.04. The number of carbonyl (C=O) groups is 2. The van der Waals surface area contributed by atoms with Crippen LogP contribution in [0, 0.1) is 0 Å². The molecule has 1 N–H and O–H groups in total. The number of amides is 2. The Morgan fingerprint density at radius 3 is 2.52 bits per heavy atom. The van der Waals surface area contributed by atoms with Gasteiger partial charge in [0.15, 0.2) is 0 Å². The third-order valence-electron chi connectivity index (χ3n) is 5.74. The molecule has 6 heteroatoms. The fourth-order valence-corrected chi connectivity index (χ4v) is 3.91. The molecule has 0 bridgehead atoms. The number of anilines is 1. The molecule has 0 saturated heterocycles. The van der Waals surface area contributed by atoms with Gasteiger partial charge in [-0.3, -0.25) is 9.59 Å². The second kappa shape index (κ2) is 11.0. The molecule has 2 amide bonds. The van der Waals surface area contributed by atoms with E-state index in [0.29, 0.717) is 26.1 Å². The summed E-state index contributed by atoms with van der Waals surface area (Å²) in [6, 6.07) is 16.2. The maximum Gasteiger partial charge on any atom is 0.242 e. The minimum atomic E-state index is 0.0851. The molecule has 6 nitrogen and oxygen atoms in total. The largest absolute Gasteiger partial charge is 0.376 e. The average molecular weight is 423 g/mol. The number of hydrogen-bond donors (Lipinski definition) is 1. The minimum absolute atomic E-state index is 0.0851. The molecule has 0 unspecified atom stereocenters. The van der Waals surface area contributed by atoms with Crippen LogP contribution in [0.25, 0.3) is 0 Å². The van der Waals surface area contributed by atoms with Gasteiger partial charge in [-0.2, -0.15) is 0 Å². The van der Waals surface area contributed by atoms with Crippen LogP contribution in [0.2, 0.25) is 0 Å².